The second-order valence-corrected chi connectivity index (χ2v) is 4.69. The zero-order valence-electron chi connectivity index (χ0n) is 9.43. The summed E-state index contributed by atoms with van der Waals surface area (Å²) in [7, 11) is 0. The van der Waals surface area contributed by atoms with Crippen molar-refractivity contribution in [3.05, 3.63) is 21.4 Å². The first-order valence-corrected chi connectivity index (χ1v) is 6.25. The molecule has 2 rings (SSSR count). The Morgan fingerprint density at radius 2 is 2.35 bits per heavy atom. The molecule has 0 aliphatic carbocycles. The Morgan fingerprint density at radius 1 is 1.59 bits per heavy atom. The molecule has 1 aromatic rings. The molecule has 1 aliphatic heterocycles. The van der Waals surface area contributed by atoms with Gasteiger partial charge in [0.25, 0.3) is 0 Å². The minimum Gasteiger partial charge on any atom is -0.465 e. The summed E-state index contributed by atoms with van der Waals surface area (Å²) >= 11 is 1.50. The number of hydrogen-bond acceptors (Lipinski definition) is 4. The van der Waals surface area contributed by atoms with Crippen molar-refractivity contribution in [3.8, 4) is 0 Å². The molecule has 92 valence electrons. The Balaban J connectivity index is 2.25. The van der Waals surface area contributed by atoms with Crippen LogP contribution in [0.4, 0.5) is 4.79 Å². The van der Waals surface area contributed by atoms with Crippen molar-refractivity contribution in [2.24, 2.45) is 0 Å². The number of amides is 1. The summed E-state index contributed by atoms with van der Waals surface area (Å²) in [6, 6.07) is 0. The fourth-order valence-corrected chi connectivity index (χ4v) is 2.88. The van der Waals surface area contributed by atoms with Gasteiger partial charge in [-0.2, -0.15) is 0 Å². The van der Waals surface area contributed by atoms with Crippen LogP contribution >= 0.6 is 11.3 Å². The van der Waals surface area contributed by atoms with Crippen molar-refractivity contribution < 1.29 is 19.4 Å². The Kier molecular flexibility index (Phi) is 3.33. The van der Waals surface area contributed by atoms with Crippen molar-refractivity contribution in [2.75, 3.05) is 13.2 Å². The summed E-state index contributed by atoms with van der Waals surface area (Å²) in [4.78, 5) is 25.0. The fraction of sp³-hybridized carbons (Fsp3) is 0.455. The highest BCUT2D eigenvalue weighted by Gasteiger charge is 2.26. The van der Waals surface area contributed by atoms with Gasteiger partial charge in [0.1, 0.15) is 0 Å². The van der Waals surface area contributed by atoms with Crippen LogP contribution in [0.15, 0.2) is 5.38 Å². The van der Waals surface area contributed by atoms with Crippen LogP contribution in [-0.4, -0.2) is 35.2 Å². The third-order valence-corrected chi connectivity index (χ3v) is 3.79. The second kappa shape index (κ2) is 4.75. The largest absolute Gasteiger partial charge is 0.465 e. The highest BCUT2D eigenvalue weighted by Crippen LogP contribution is 2.29. The molecule has 0 bridgehead atoms. The van der Waals surface area contributed by atoms with Gasteiger partial charge in [-0.25, -0.2) is 9.59 Å². The molecule has 0 unspecified atom stereocenters. The molecule has 17 heavy (non-hydrogen) atoms. The van der Waals surface area contributed by atoms with Crippen molar-refractivity contribution in [3.63, 3.8) is 0 Å². The van der Waals surface area contributed by atoms with E-state index in [1.807, 2.05) is 0 Å². The number of carboxylic acid groups (broad SMARTS) is 1. The lowest BCUT2D eigenvalue weighted by atomic mass is 10.1. The van der Waals surface area contributed by atoms with Gasteiger partial charge in [0.2, 0.25) is 0 Å². The standard InChI is InChI=1S/C11H13NO4S/c1-2-16-10(13)8-6-17-9-3-4-12(11(14)15)5-7(8)9/h6H,2-5H2,1H3,(H,14,15). The maximum absolute atomic E-state index is 11.7. The third-order valence-electron chi connectivity index (χ3n) is 2.70. The number of rotatable bonds is 2. The van der Waals surface area contributed by atoms with E-state index in [1.54, 1.807) is 12.3 Å². The highest BCUT2D eigenvalue weighted by molar-refractivity contribution is 7.10. The van der Waals surface area contributed by atoms with E-state index >= 15 is 0 Å². The number of thiophene rings is 1. The second-order valence-electron chi connectivity index (χ2n) is 3.73. The van der Waals surface area contributed by atoms with Crippen LogP contribution in [0.2, 0.25) is 0 Å². The van der Waals surface area contributed by atoms with Crippen LogP contribution in [0.3, 0.4) is 0 Å². The molecule has 1 aromatic heterocycles. The van der Waals surface area contributed by atoms with E-state index in [1.165, 1.54) is 16.2 Å². The molecule has 1 amide bonds. The number of fused-ring (bicyclic) bond motifs is 1. The molecule has 2 heterocycles. The summed E-state index contributed by atoms with van der Waals surface area (Å²) in [6.07, 6.45) is -0.275. The fourth-order valence-electron chi connectivity index (χ4n) is 1.86. The monoisotopic (exact) mass is 255 g/mol. The van der Waals surface area contributed by atoms with Crippen LogP contribution in [-0.2, 0) is 17.7 Å². The molecule has 1 aliphatic rings. The van der Waals surface area contributed by atoms with E-state index in [4.69, 9.17) is 9.84 Å². The van der Waals surface area contributed by atoms with E-state index in [9.17, 15) is 9.59 Å². The minimum atomic E-state index is -0.948. The van der Waals surface area contributed by atoms with Gasteiger partial charge in [0.05, 0.1) is 18.7 Å². The smallest absolute Gasteiger partial charge is 0.407 e. The van der Waals surface area contributed by atoms with Crippen molar-refractivity contribution in [1.82, 2.24) is 4.90 Å². The number of nitrogens with zero attached hydrogens (tertiary/aromatic N) is 1. The quantitative estimate of drug-likeness (QED) is 0.820. The first-order valence-electron chi connectivity index (χ1n) is 5.37. The zero-order chi connectivity index (χ0) is 12.4. The van der Waals surface area contributed by atoms with Gasteiger partial charge in [-0.05, 0) is 13.3 Å². The summed E-state index contributed by atoms with van der Waals surface area (Å²) in [5, 5.41) is 10.7. The first-order chi connectivity index (χ1) is 8.13. The summed E-state index contributed by atoms with van der Waals surface area (Å²) in [6.45, 7) is 2.85. The number of hydrogen-bond donors (Lipinski definition) is 1. The maximum Gasteiger partial charge on any atom is 0.407 e. The molecule has 6 heteroatoms. The molecular formula is C11H13NO4S. The number of ether oxygens (including phenoxy) is 1. The van der Waals surface area contributed by atoms with Gasteiger partial charge in [0.15, 0.2) is 0 Å². The van der Waals surface area contributed by atoms with Crippen molar-refractivity contribution >= 4 is 23.4 Å². The molecule has 0 saturated carbocycles. The molecule has 0 aromatic carbocycles. The zero-order valence-corrected chi connectivity index (χ0v) is 10.2. The molecule has 0 spiro atoms. The Bertz CT molecular complexity index is 454. The molecule has 1 N–H and O–H groups in total. The average molecular weight is 255 g/mol. The third kappa shape index (κ3) is 2.26. The van der Waals surface area contributed by atoms with Crippen molar-refractivity contribution in [1.29, 1.82) is 0 Å². The van der Waals surface area contributed by atoms with Gasteiger partial charge >= 0.3 is 12.1 Å². The van der Waals surface area contributed by atoms with Gasteiger partial charge in [0, 0.05) is 22.4 Å². The Morgan fingerprint density at radius 3 is 3.00 bits per heavy atom. The normalized spacial score (nSPS) is 14.3. The molecule has 0 radical (unpaired) electrons. The first kappa shape index (κ1) is 11.9. The van der Waals surface area contributed by atoms with E-state index in [0.717, 1.165) is 10.4 Å². The molecule has 0 saturated heterocycles. The van der Waals surface area contributed by atoms with Gasteiger partial charge in [-0.15, -0.1) is 11.3 Å². The van der Waals surface area contributed by atoms with Gasteiger partial charge in [-0.3, -0.25) is 0 Å². The van der Waals surface area contributed by atoms with Crippen LogP contribution in [0.5, 0.6) is 0 Å². The van der Waals surface area contributed by atoms with E-state index in [-0.39, 0.29) is 12.5 Å². The van der Waals surface area contributed by atoms with E-state index < -0.39 is 6.09 Å². The molecular weight excluding hydrogens is 242 g/mol. The van der Waals surface area contributed by atoms with Crippen LogP contribution in [0.25, 0.3) is 0 Å². The number of carbonyl (C=O) groups is 2. The minimum absolute atomic E-state index is 0.280. The van der Waals surface area contributed by atoms with Crippen LogP contribution in [0.1, 0.15) is 27.7 Å². The lowest BCUT2D eigenvalue weighted by Crippen LogP contribution is -2.34. The van der Waals surface area contributed by atoms with Gasteiger partial charge < -0.3 is 14.7 Å². The Hall–Kier alpha value is -1.56. The lowest BCUT2D eigenvalue weighted by Gasteiger charge is -2.24. The van der Waals surface area contributed by atoms with Gasteiger partial charge in [-0.1, -0.05) is 0 Å². The molecule has 5 nitrogen and oxygen atoms in total. The predicted molar refractivity (Wildman–Crippen MR) is 62.4 cm³/mol. The summed E-state index contributed by atoms with van der Waals surface area (Å²) in [5.74, 6) is -0.364. The number of esters is 1. The Labute approximate surface area is 103 Å². The molecule has 0 atom stereocenters. The van der Waals surface area contributed by atoms with E-state index in [0.29, 0.717) is 25.1 Å². The maximum atomic E-state index is 11.7. The highest BCUT2D eigenvalue weighted by atomic mass is 32.1. The van der Waals surface area contributed by atoms with Crippen LogP contribution in [0, 0.1) is 0 Å². The summed E-state index contributed by atoms with van der Waals surface area (Å²) in [5.41, 5.74) is 1.32. The molecule has 0 fully saturated rings. The predicted octanol–water partition coefficient (Wildman–Crippen LogP) is 1.96. The number of carbonyl (C=O) groups excluding carboxylic acids is 1. The van der Waals surface area contributed by atoms with Crippen molar-refractivity contribution in [2.45, 2.75) is 19.9 Å². The SMILES string of the molecule is CCOC(=O)c1csc2c1CN(C(=O)O)CC2. The summed E-state index contributed by atoms with van der Waals surface area (Å²) < 4.78 is 4.95. The van der Waals surface area contributed by atoms with E-state index in [2.05, 4.69) is 0 Å². The topological polar surface area (TPSA) is 66.8 Å². The lowest BCUT2D eigenvalue weighted by molar-refractivity contribution is 0.0523. The average Bonchev–Trinajstić information content (AvgIpc) is 2.71. The van der Waals surface area contributed by atoms with Crippen LogP contribution < -0.4 is 0 Å².